The Bertz CT molecular complexity index is 564. The zero-order valence-corrected chi connectivity index (χ0v) is 12.6. The summed E-state index contributed by atoms with van der Waals surface area (Å²) in [5.74, 6) is 0. The lowest BCUT2D eigenvalue weighted by Gasteiger charge is -2.14. The van der Waals surface area contributed by atoms with E-state index in [0.717, 1.165) is 6.07 Å². The summed E-state index contributed by atoms with van der Waals surface area (Å²) in [6.45, 7) is 1.49. The Morgan fingerprint density at radius 3 is 2.40 bits per heavy atom. The van der Waals surface area contributed by atoms with Crippen LogP contribution in [0.1, 0.15) is 12.5 Å². The summed E-state index contributed by atoms with van der Waals surface area (Å²) in [7, 11) is -4.15. The summed E-state index contributed by atoms with van der Waals surface area (Å²) in [5, 5.41) is -0.287. The lowest BCUT2D eigenvalue weighted by atomic mass is 10.2. The molecule has 4 nitrogen and oxygen atoms in total. The fourth-order valence-corrected chi connectivity index (χ4v) is 3.04. The van der Waals surface area contributed by atoms with Crippen molar-refractivity contribution in [3.63, 3.8) is 0 Å². The summed E-state index contributed by atoms with van der Waals surface area (Å²) < 4.78 is 63.5. The number of sulfonamides is 1. The van der Waals surface area contributed by atoms with Crippen LogP contribution in [-0.4, -0.2) is 21.0 Å². The van der Waals surface area contributed by atoms with Crippen molar-refractivity contribution in [3.05, 3.63) is 28.8 Å². The van der Waals surface area contributed by atoms with E-state index in [1.165, 1.54) is 6.92 Å². The van der Waals surface area contributed by atoms with Gasteiger partial charge in [0.15, 0.2) is 0 Å². The minimum atomic E-state index is -4.64. The normalized spacial score (nSPS) is 13.7. The van der Waals surface area contributed by atoms with Crippen molar-refractivity contribution in [2.24, 2.45) is 5.73 Å². The van der Waals surface area contributed by atoms with Crippen molar-refractivity contribution in [2.75, 3.05) is 6.54 Å². The van der Waals surface area contributed by atoms with Gasteiger partial charge in [0.05, 0.1) is 10.6 Å². The van der Waals surface area contributed by atoms with Gasteiger partial charge in [-0.05, 0) is 25.1 Å². The minimum Gasteiger partial charge on any atom is -0.329 e. The maximum absolute atomic E-state index is 12.5. The van der Waals surface area contributed by atoms with Gasteiger partial charge in [-0.15, -0.1) is 12.4 Å². The first-order chi connectivity index (χ1) is 8.58. The van der Waals surface area contributed by atoms with Crippen LogP contribution in [0.2, 0.25) is 5.02 Å². The van der Waals surface area contributed by atoms with Crippen molar-refractivity contribution in [1.82, 2.24) is 4.72 Å². The number of hydrogen-bond donors (Lipinski definition) is 2. The van der Waals surface area contributed by atoms with Crippen molar-refractivity contribution in [1.29, 1.82) is 0 Å². The van der Waals surface area contributed by atoms with Crippen LogP contribution < -0.4 is 10.5 Å². The molecule has 10 heteroatoms. The fraction of sp³-hybridized carbons (Fsp3) is 0.400. The Hall–Kier alpha value is -0.540. The lowest BCUT2D eigenvalue weighted by Crippen LogP contribution is -2.37. The van der Waals surface area contributed by atoms with Gasteiger partial charge < -0.3 is 5.73 Å². The van der Waals surface area contributed by atoms with E-state index in [0.29, 0.717) is 12.1 Å². The highest BCUT2D eigenvalue weighted by Crippen LogP contribution is 2.33. The van der Waals surface area contributed by atoms with E-state index in [1.807, 2.05) is 0 Å². The number of nitrogens with two attached hydrogens (primary N) is 1. The summed E-state index contributed by atoms with van der Waals surface area (Å²) in [5.41, 5.74) is 4.17. The quantitative estimate of drug-likeness (QED) is 0.873. The summed E-state index contributed by atoms with van der Waals surface area (Å²) in [6, 6.07) is 1.49. The molecule has 1 rings (SSSR count). The molecular formula is C10H13Cl2F3N2O2S. The van der Waals surface area contributed by atoms with Crippen LogP contribution in [0, 0.1) is 0 Å². The molecule has 20 heavy (non-hydrogen) atoms. The average molecular weight is 353 g/mol. The predicted octanol–water partition coefficient (Wildman–Crippen LogP) is 2.41. The lowest BCUT2D eigenvalue weighted by molar-refractivity contribution is -0.137. The van der Waals surface area contributed by atoms with Gasteiger partial charge >= 0.3 is 6.18 Å². The molecule has 0 spiro atoms. The van der Waals surface area contributed by atoms with Crippen LogP contribution in [0.3, 0.4) is 0 Å². The summed E-state index contributed by atoms with van der Waals surface area (Å²) in [4.78, 5) is -0.621. The maximum Gasteiger partial charge on any atom is 0.416 e. The van der Waals surface area contributed by atoms with Gasteiger partial charge in [-0.3, -0.25) is 0 Å². The molecule has 1 aromatic rings. The molecule has 0 saturated carbocycles. The van der Waals surface area contributed by atoms with E-state index in [2.05, 4.69) is 4.72 Å². The molecule has 0 unspecified atom stereocenters. The molecule has 0 aliphatic heterocycles. The topological polar surface area (TPSA) is 72.2 Å². The predicted molar refractivity (Wildman–Crippen MR) is 72.5 cm³/mol. The van der Waals surface area contributed by atoms with Gasteiger partial charge in [0.2, 0.25) is 10.0 Å². The molecule has 0 radical (unpaired) electrons. The van der Waals surface area contributed by atoms with Crippen LogP contribution >= 0.6 is 24.0 Å². The molecule has 1 aromatic carbocycles. The Morgan fingerprint density at radius 2 is 1.95 bits per heavy atom. The average Bonchev–Trinajstić information content (AvgIpc) is 2.26. The van der Waals surface area contributed by atoms with Crippen molar-refractivity contribution < 1.29 is 21.6 Å². The van der Waals surface area contributed by atoms with E-state index < -0.39 is 32.7 Å². The Balaban J connectivity index is 0.00000361. The summed E-state index contributed by atoms with van der Waals surface area (Å²) in [6.07, 6.45) is -4.64. The third-order valence-electron chi connectivity index (χ3n) is 2.26. The third kappa shape index (κ3) is 4.78. The van der Waals surface area contributed by atoms with Crippen molar-refractivity contribution in [3.8, 4) is 0 Å². The Kier molecular flexibility index (Phi) is 6.76. The highest BCUT2D eigenvalue weighted by atomic mass is 35.5. The van der Waals surface area contributed by atoms with Gasteiger partial charge in [0.25, 0.3) is 0 Å². The molecule has 3 N–H and O–H groups in total. The number of halogens is 5. The fourth-order valence-electron chi connectivity index (χ4n) is 1.26. The van der Waals surface area contributed by atoms with Crippen LogP contribution in [0.15, 0.2) is 23.1 Å². The number of hydrogen-bond acceptors (Lipinski definition) is 3. The van der Waals surface area contributed by atoms with E-state index in [4.69, 9.17) is 17.3 Å². The Labute approximate surface area is 125 Å². The first-order valence-electron chi connectivity index (χ1n) is 5.17. The number of alkyl halides is 3. The molecule has 0 bridgehead atoms. The van der Waals surface area contributed by atoms with E-state index in [9.17, 15) is 21.6 Å². The second-order valence-electron chi connectivity index (χ2n) is 3.90. The van der Waals surface area contributed by atoms with E-state index in [1.54, 1.807) is 0 Å². The first kappa shape index (κ1) is 19.5. The number of rotatable bonds is 4. The zero-order valence-electron chi connectivity index (χ0n) is 10.2. The molecule has 0 amide bonds. The van der Waals surface area contributed by atoms with Crippen LogP contribution in [0.4, 0.5) is 13.2 Å². The monoisotopic (exact) mass is 352 g/mol. The Morgan fingerprint density at radius 1 is 1.40 bits per heavy atom. The van der Waals surface area contributed by atoms with Gasteiger partial charge in [0, 0.05) is 12.6 Å². The molecule has 0 heterocycles. The number of nitrogens with one attached hydrogen (secondary N) is 1. The second kappa shape index (κ2) is 6.95. The van der Waals surface area contributed by atoms with Gasteiger partial charge in [0.1, 0.15) is 4.90 Å². The van der Waals surface area contributed by atoms with Crippen molar-refractivity contribution in [2.45, 2.75) is 24.0 Å². The van der Waals surface area contributed by atoms with Gasteiger partial charge in [-0.2, -0.15) is 13.2 Å². The molecule has 0 aliphatic rings. The molecular weight excluding hydrogens is 340 g/mol. The first-order valence-corrected chi connectivity index (χ1v) is 7.03. The third-order valence-corrected chi connectivity index (χ3v) is 4.33. The van der Waals surface area contributed by atoms with Crippen LogP contribution in [0.5, 0.6) is 0 Å². The molecule has 0 fully saturated rings. The smallest absolute Gasteiger partial charge is 0.329 e. The zero-order chi connectivity index (χ0) is 14.8. The van der Waals surface area contributed by atoms with Crippen molar-refractivity contribution >= 4 is 34.0 Å². The van der Waals surface area contributed by atoms with Crippen LogP contribution in [-0.2, 0) is 16.2 Å². The van der Waals surface area contributed by atoms with Gasteiger partial charge in [-0.25, -0.2) is 13.1 Å². The largest absolute Gasteiger partial charge is 0.416 e. The van der Waals surface area contributed by atoms with Crippen LogP contribution in [0.25, 0.3) is 0 Å². The highest BCUT2D eigenvalue weighted by Gasteiger charge is 2.32. The molecule has 0 aliphatic carbocycles. The molecule has 116 valence electrons. The minimum absolute atomic E-state index is 0. The highest BCUT2D eigenvalue weighted by molar-refractivity contribution is 7.89. The molecule has 1 atom stereocenters. The summed E-state index contributed by atoms with van der Waals surface area (Å²) >= 11 is 5.64. The van der Waals surface area contributed by atoms with E-state index >= 15 is 0 Å². The molecule has 0 aromatic heterocycles. The number of benzene rings is 1. The standard InChI is InChI=1S/C10H12ClF3N2O2S.ClH/c1-6(5-15)16-19(17,18)9-4-7(10(12,13)14)2-3-8(9)11;/h2-4,6,16H,5,15H2,1H3;1H/t6-;/m0./s1. The van der Waals surface area contributed by atoms with E-state index in [-0.39, 0.29) is 24.0 Å². The SMILES string of the molecule is C[C@@H](CN)NS(=O)(=O)c1cc(C(F)(F)F)ccc1Cl.Cl. The maximum atomic E-state index is 12.5. The van der Waals surface area contributed by atoms with Gasteiger partial charge in [-0.1, -0.05) is 11.6 Å². The molecule has 0 saturated heterocycles. The second-order valence-corrected chi connectivity index (χ2v) is 5.99.